The molecule has 3 aromatic carbocycles. The van der Waals surface area contributed by atoms with Gasteiger partial charge in [0.05, 0.1) is 43.5 Å². The van der Waals surface area contributed by atoms with Gasteiger partial charge >= 0.3 is 0 Å². The molecule has 1 unspecified atom stereocenters. The van der Waals surface area contributed by atoms with Crippen molar-refractivity contribution < 1.29 is 28.9 Å². The van der Waals surface area contributed by atoms with Crippen LogP contribution in [0.1, 0.15) is 43.5 Å². The lowest BCUT2D eigenvalue weighted by atomic mass is 9.87. The van der Waals surface area contributed by atoms with Gasteiger partial charge in [-0.05, 0) is 35.2 Å². The fourth-order valence-corrected chi connectivity index (χ4v) is 4.83. The molecule has 1 amide bonds. The number of ketones is 1. The normalized spacial score (nSPS) is 17.0. The summed E-state index contributed by atoms with van der Waals surface area (Å²) < 4.78 is 16.4. The van der Waals surface area contributed by atoms with Crippen LogP contribution in [0.4, 0.5) is 5.69 Å². The Hall–Kier alpha value is -3.97. The lowest BCUT2D eigenvalue weighted by Crippen LogP contribution is -2.29. The Morgan fingerprint density at radius 3 is 2.05 bits per heavy atom. The summed E-state index contributed by atoms with van der Waals surface area (Å²) in [6.45, 7) is 6.28. The number of methoxy groups -OCH3 is 3. The molecule has 1 heterocycles. The topological polar surface area (TPSA) is 85.3 Å². The molecule has 1 N–H and O–H groups in total. The molecule has 0 spiro atoms. The third kappa shape index (κ3) is 4.70. The van der Waals surface area contributed by atoms with E-state index in [2.05, 4.69) is 20.8 Å². The Labute approximate surface area is 227 Å². The van der Waals surface area contributed by atoms with Crippen LogP contribution < -0.4 is 19.1 Å². The molecule has 1 aliphatic heterocycles. The highest BCUT2D eigenvalue weighted by atomic mass is 35.5. The van der Waals surface area contributed by atoms with Crippen molar-refractivity contribution in [1.29, 1.82) is 0 Å². The van der Waals surface area contributed by atoms with Crippen LogP contribution in [0.3, 0.4) is 0 Å². The second kappa shape index (κ2) is 10.4. The second-order valence-electron chi connectivity index (χ2n) is 9.89. The first kappa shape index (κ1) is 27.1. The van der Waals surface area contributed by atoms with Crippen LogP contribution in [0.15, 0.2) is 66.2 Å². The van der Waals surface area contributed by atoms with Gasteiger partial charge in [0.1, 0.15) is 23.0 Å². The summed E-state index contributed by atoms with van der Waals surface area (Å²) in [5.41, 5.74) is 2.08. The molecule has 8 heteroatoms. The van der Waals surface area contributed by atoms with E-state index in [1.54, 1.807) is 36.4 Å². The summed E-state index contributed by atoms with van der Waals surface area (Å²) >= 11 is 6.26. The minimum Gasteiger partial charge on any atom is -0.507 e. The highest BCUT2D eigenvalue weighted by molar-refractivity contribution is 6.51. The number of carbonyl (C=O) groups is 2. The Morgan fingerprint density at radius 2 is 1.47 bits per heavy atom. The van der Waals surface area contributed by atoms with Crippen molar-refractivity contribution in [1.82, 2.24) is 0 Å². The summed E-state index contributed by atoms with van der Waals surface area (Å²) in [6.07, 6.45) is 0. The molecule has 38 heavy (non-hydrogen) atoms. The number of Topliss-reactive ketones (excluding diaryl/α,β-unsaturated/α-hetero) is 1. The van der Waals surface area contributed by atoms with Crippen LogP contribution in [0.2, 0.25) is 5.02 Å². The molecule has 3 aromatic rings. The Balaban J connectivity index is 2.00. The van der Waals surface area contributed by atoms with E-state index in [4.69, 9.17) is 25.8 Å². The number of benzene rings is 3. The lowest BCUT2D eigenvalue weighted by molar-refractivity contribution is -0.132. The van der Waals surface area contributed by atoms with Gasteiger partial charge in [0.15, 0.2) is 0 Å². The number of nitrogens with zero attached hydrogens (tertiary/aromatic N) is 1. The molecule has 1 saturated heterocycles. The minimum absolute atomic E-state index is 0.0983. The Kier molecular flexibility index (Phi) is 7.42. The maximum Gasteiger partial charge on any atom is 0.300 e. The van der Waals surface area contributed by atoms with Crippen molar-refractivity contribution in [2.24, 2.45) is 0 Å². The molecule has 0 saturated carbocycles. The number of hydrogen-bond acceptors (Lipinski definition) is 6. The van der Waals surface area contributed by atoms with Gasteiger partial charge in [-0.15, -0.1) is 0 Å². The molecule has 0 aliphatic carbocycles. The van der Waals surface area contributed by atoms with E-state index in [9.17, 15) is 14.7 Å². The third-order valence-electron chi connectivity index (χ3n) is 6.62. The van der Waals surface area contributed by atoms with E-state index in [1.165, 1.54) is 38.4 Å². The molecule has 0 radical (unpaired) electrons. The van der Waals surface area contributed by atoms with Crippen LogP contribution in [-0.2, 0) is 15.0 Å². The molecule has 1 aliphatic rings. The van der Waals surface area contributed by atoms with E-state index in [0.717, 1.165) is 5.56 Å². The molecular weight excluding hydrogens is 506 g/mol. The smallest absolute Gasteiger partial charge is 0.300 e. The molecule has 0 bridgehead atoms. The third-order valence-corrected chi connectivity index (χ3v) is 6.91. The van der Waals surface area contributed by atoms with E-state index in [1.807, 2.05) is 12.1 Å². The monoisotopic (exact) mass is 535 g/mol. The number of anilines is 1. The number of carbonyl (C=O) groups excluding carboxylic acids is 2. The Bertz CT molecular complexity index is 1420. The van der Waals surface area contributed by atoms with Gasteiger partial charge in [-0.1, -0.05) is 62.7 Å². The number of aliphatic hydroxyl groups is 1. The lowest BCUT2D eigenvalue weighted by Gasteiger charge is -2.27. The SMILES string of the molecule is COc1cc(/C(O)=C2\C(=O)C(=O)N(c3ccc(C(C)(C)C)cc3)C2c2ccccc2OC)c(OC)cc1Cl. The summed E-state index contributed by atoms with van der Waals surface area (Å²) in [4.78, 5) is 28.5. The number of ether oxygens (including phenoxy) is 3. The van der Waals surface area contributed by atoms with Crippen LogP contribution >= 0.6 is 11.6 Å². The van der Waals surface area contributed by atoms with Gasteiger partial charge in [-0.2, -0.15) is 0 Å². The second-order valence-corrected chi connectivity index (χ2v) is 10.3. The minimum atomic E-state index is -0.974. The van der Waals surface area contributed by atoms with Gasteiger partial charge < -0.3 is 19.3 Å². The first-order valence-electron chi connectivity index (χ1n) is 12.0. The zero-order chi connectivity index (χ0) is 27.8. The summed E-state index contributed by atoms with van der Waals surface area (Å²) in [6, 6.07) is 16.5. The molecule has 4 rings (SSSR count). The largest absolute Gasteiger partial charge is 0.507 e. The van der Waals surface area contributed by atoms with Crippen molar-refractivity contribution in [2.75, 3.05) is 26.2 Å². The van der Waals surface area contributed by atoms with Crippen molar-refractivity contribution in [3.8, 4) is 17.2 Å². The van der Waals surface area contributed by atoms with Gasteiger partial charge in [-0.25, -0.2) is 0 Å². The molecule has 7 nitrogen and oxygen atoms in total. The van der Waals surface area contributed by atoms with Crippen molar-refractivity contribution in [3.05, 3.63) is 87.9 Å². The number of amides is 1. The number of para-hydroxylation sites is 1. The first-order valence-corrected chi connectivity index (χ1v) is 12.4. The molecule has 1 fully saturated rings. The number of halogens is 1. The molecular formula is C30H30ClNO6. The van der Waals surface area contributed by atoms with E-state index < -0.39 is 23.5 Å². The number of hydrogen-bond donors (Lipinski definition) is 1. The van der Waals surface area contributed by atoms with E-state index in [0.29, 0.717) is 17.0 Å². The van der Waals surface area contributed by atoms with Crippen molar-refractivity contribution >= 4 is 34.7 Å². The summed E-state index contributed by atoms with van der Waals surface area (Å²) in [5, 5.41) is 11.9. The quantitative estimate of drug-likeness (QED) is 0.227. The van der Waals surface area contributed by atoms with Crippen molar-refractivity contribution in [3.63, 3.8) is 0 Å². The maximum atomic E-state index is 13.6. The van der Waals surface area contributed by atoms with Crippen LogP contribution in [0.25, 0.3) is 5.76 Å². The van der Waals surface area contributed by atoms with Gasteiger partial charge in [-0.3, -0.25) is 14.5 Å². The highest BCUT2D eigenvalue weighted by Crippen LogP contribution is 2.47. The van der Waals surface area contributed by atoms with Gasteiger partial charge in [0, 0.05) is 17.3 Å². The summed E-state index contributed by atoms with van der Waals surface area (Å²) in [5.74, 6) is -1.08. The first-order chi connectivity index (χ1) is 18.0. The average molecular weight is 536 g/mol. The van der Waals surface area contributed by atoms with Crippen molar-refractivity contribution in [2.45, 2.75) is 32.2 Å². The average Bonchev–Trinajstić information content (AvgIpc) is 3.17. The van der Waals surface area contributed by atoms with Gasteiger partial charge in [0.25, 0.3) is 11.7 Å². The maximum absolute atomic E-state index is 13.6. The number of rotatable bonds is 6. The Morgan fingerprint density at radius 1 is 0.868 bits per heavy atom. The number of aliphatic hydroxyl groups excluding tert-OH is 1. The molecule has 0 aromatic heterocycles. The summed E-state index contributed by atoms with van der Waals surface area (Å²) in [7, 11) is 4.37. The van der Waals surface area contributed by atoms with Crippen LogP contribution in [0.5, 0.6) is 17.2 Å². The molecule has 198 valence electrons. The van der Waals surface area contributed by atoms with Crippen LogP contribution in [-0.4, -0.2) is 38.1 Å². The van der Waals surface area contributed by atoms with E-state index >= 15 is 0 Å². The van der Waals surface area contributed by atoms with Crippen LogP contribution in [0, 0.1) is 0 Å². The fraction of sp³-hybridized carbons (Fsp3) is 0.267. The zero-order valence-corrected chi connectivity index (χ0v) is 22.9. The fourth-order valence-electron chi connectivity index (χ4n) is 4.60. The van der Waals surface area contributed by atoms with E-state index in [-0.39, 0.29) is 33.1 Å². The molecule has 1 atom stereocenters. The highest BCUT2D eigenvalue weighted by Gasteiger charge is 2.48. The van der Waals surface area contributed by atoms with Gasteiger partial charge in [0.2, 0.25) is 0 Å². The zero-order valence-electron chi connectivity index (χ0n) is 22.2. The predicted molar refractivity (Wildman–Crippen MR) is 147 cm³/mol. The standard InChI is InChI=1S/C30H30ClNO6/c1-30(2,3)17-11-13-18(14-12-17)32-26(19-9-7-8-10-22(19)36-4)25(28(34)29(32)35)27(33)20-15-24(38-6)21(31)16-23(20)37-5/h7-16,26,33H,1-6H3/b27-25+. The predicted octanol–water partition coefficient (Wildman–Crippen LogP) is 6.29.